The van der Waals surface area contributed by atoms with Crippen LogP contribution in [-0.2, 0) is 13.5 Å². The van der Waals surface area contributed by atoms with E-state index in [4.69, 9.17) is 5.73 Å². The van der Waals surface area contributed by atoms with Crippen molar-refractivity contribution in [2.75, 3.05) is 23.7 Å². The van der Waals surface area contributed by atoms with Gasteiger partial charge in [-0.2, -0.15) is 15.1 Å². The zero-order valence-electron chi connectivity index (χ0n) is 14.3. The van der Waals surface area contributed by atoms with Crippen molar-refractivity contribution in [3.63, 3.8) is 0 Å². The first-order chi connectivity index (χ1) is 12.2. The average Bonchev–Trinajstić information content (AvgIpc) is 3.19. The van der Waals surface area contributed by atoms with Gasteiger partial charge in [-0.15, -0.1) is 0 Å². The molecule has 4 rings (SSSR count). The monoisotopic (exact) mass is 336 g/mol. The van der Waals surface area contributed by atoms with E-state index in [1.807, 2.05) is 31.3 Å². The molecule has 25 heavy (non-hydrogen) atoms. The molecule has 1 aromatic carbocycles. The second kappa shape index (κ2) is 6.04. The van der Waals surface area contributed by atoms with E-state index in [9.17, 15) is 0 Å². The molecule has 0 radical (unpaired) electrons. The molecular weight excluding hydrogens is 316 g/mol. The maximum absolute atomic E-state index is 6.07. The van der Waals surface area contributed by atoms with E-state index in [0.717, 1.165) is 47.4 Å². The highest BCUT2D eigenvalue weighted by Gasteiger charge is 2.14. The minimum absolute atomic E-state index is 0.454. The highest BCUT2D eigenvalue weighted by molar-refractivity contribution is 5.86. The summed E-state index contributed by atoms with van der Waals surface area (Å²) in [6.07, 6.45) is 2.47. The molecule has 4 aromatic rings. The normalized spacial score (nSPS) is 11.4. The van der Waals surface area contributed by atoms with Gasteiger partial charge in [-0.05, 0) is 19.1 Å². The first-order valence-electron chi connectivity index (χ1n) is 8.29. The molecule has 0 amide bonds. The summed E-state index contributed by atoms with van der Waals surface area (Å²) in [5, 5.41) is 4.98. The van der Waals surface area contributed by atoms with Crippen LogP contribution in [0.15, 0.2) is 30.5 Å². The van der Waals surface area contributed by atoms with Crippen molar-refractivity contribution in [1.82, 2.24) is 29.7 Å². The first kappa shape index (κ1) is 15.4. The second-order valence-corrected chi connectivity index (χ2v) is 5.94. The van der Waals surface area contributed by atoms with Crippen molar-refractivity contribution in [2.24, 2.45) is 7.05 Å². The lowest BCUT2D eigenvalue weighted by molar-refractivity contribution is 0.751. The largest absolute Gasteiger partial charge is 0.383 e. The number of nitrogen functional groups attached to an aromatic ring is 1. The Morgan fingerprint density at radius 2 is 2.04 bits per heavy atom. The summed E-state index contributed by atoms with van der Waals surface area (Å²) in [6, 6.07) is 8.03. The van der Waals surface area contributed by atoms with E-state index in [2.05, 4.69) is 36.9 Å². The maximum atomic E-state index is 6.07. The highest BCUT2D eigenvalue weighted by atomic mass is 15.3. The molecule has 0 spiro atoms. The molecular formula is C17H20N8. The van der Waals surface area contributed by atoms with Gasteiger partial charge in [0.15, 0.2) is 5.65 Å². The molecule has 0 fully saturated rings. The minimum atomic E-state index is 0.454. The fraction of sp³-hybridized carbons (Fsp3) is 0.294. The fourth-order valence-electron chi connectivity index (χ4n) is 2.94. The molecule has 0 bridgehead atoms. The number of benzene rings is 1. The molecule has 0 saturated carbocycles. The number of H-pyrrole nitrogens is 1. The summed E-state index contributed by atoms with van der Waals surface area (Å²) < 4.78 is 1.71. The Hall–Kier alpha value is -3.16. The third-order valence-electron chi connectivity index (χ3n) is 4.33. The molecule has 0 aliphatic heterocycles. The minimum Gasteiger partial charge on any atom is -0.383 e. The number of aromatic amines is 1. The molecule has 8 nitrogen and oxygen atoms in total. The molecule has 8 heteroatoms. The van der Waals surface area contributed by atoms with Gasteiger partial charge in [0, 0.05) is 26.6 Å². The second-order valence-electron chi connectivity index (χ2n) is 5.94. The SMILES string of the molecule is CCN(CCc1nc2ccccc2[nH]1)c1nc(N)c2cnn(C)c2n1. The number of aryl methyl sites for hydroxylation is 1. The third-order valence-corrected chi connectivity index (χ3v) is 4.33. The number of para-hydroxylation sites is 2. The lowest BCUT2D eigenvalue weighted by atomic mass is 10.3. The van der Waals surface area contributed by atoms with Gasteiger partial charge in [0.05, 0.1) is 22.6 Å². The number of fused-ring (bicyclic) bond motifs is 2. The van der Waals surface area contributed by atoms with Crippen LogP contribution in [0, 0.1) is 0 Å². The van der Waals surface area contributed by atoms with Crippen LogP contribution in [-0.4, -0.2) is 42.8 Å². The van der Waals surface area contributed by atoms with Gasteiger partial charge >= 0.3 is 0 Å². The van der Waals surface area contributed by atoms with Crippen molar-refractivity contribution >= 4 is 33.8 Å². The number of aromatic nitrogens is 6. The molecule has 0 atom stereocenters. The Bertz CT molecular complexity index is 999. The number of nitrogens with zero attached hydrogens (tertiary/aromatic N) is 6. The Kier molecular flexibility index (Phi) is 3.72. The van der Waals surface area contributed by atoms with Crippen LogP contribution < -0.4 is 10.6 Å². The number of nitrogens with one attached hydrogen (secondary N) is 1. The molecule has 0 saturated heterocycles. The fourth-order valence-corrected chi connectivity index (χ4v) is 2.94. The third kappa shape index (κ3) is 2.75. The summed E-state index contributed by atoms with van der Waals surface area (Å²) in [7, 11) is 1.85. The lowest BCUT2D eigenvalue weighted by Crippen LogP contribution is -2.28. The molecule has 0 aliphatic rings. The topological polar surface area (TPSA) is 102 Å². The van der Waals surface area contributed by atoms with Crippen LogP contribution in [0.5, 0.6) is 0 Å². The number of nitrogens with two attached hydrogens (primary N) is 1. The Labute approximate surface area is 144 Å². The summed E-state index contributed by atoms with van der Waals surface area (Å²) in [4.78, 5) is 19.1. The van der Waals surface area contributed by atoms with E-state index in [1.54, 1.807) is 10.9 Å². The van der Waals surface area contributed by atoms with Gasteiger partial charge < -0.3 is 15.6 Å². The molecule has 3 N–H and O–H groups in total. The Balaban J connectivity index is 1.58. The van der Waals surface area contributed by atoms with Crippen molar-refractivity contribution in [3.05, 3.63) is 36.3 Å². The van der Waals surface area contributed by atoms with Crippen molar-refractivity contribution in [2.45, 2.75) is 13.3 Å². The van der Waals surface area contributed by atoms with Crippen molar-refractivity contribution in [1.29, 1.82) is 0 Å². The number of hydrogen-bond acceptors (Lipinski definition) is 6. The van der Waals surface area contributed by atoms with E-state index < -0.39 is 0 Å². The average molecular weight is 336 g/mol. The van der Waals surface area contributed by atoms with E-state index in [-0.39, 0.29) is 0 Å². The zero-order chi connectivity index (χ0) is 17.4. The van der Waals surface area contributed by atoms with E-state index in [1.165, 1.54) is 0 Å². The van der Waals surface area contributed by atoms with Gasteiger partial charge in [0.25, 0.3) is 0 Å². The van der Waals surface area contributed by atoms with E-state index in [0.29, 0.717) is 11.8 Å². The molecule has 128 valence electrons. The summed E-state index contributed by atoms with van der Waals surface area (Å²) in [5.74, 6) is 2.02. The van der Waals surface area contributed by atoms with Gasteiger partial charge in [-0.3, -0.25) is 4.68 Å². The molecule has 3 heterocycles. The smallest absolute Gasteiger partial charge is 0.229 e. The van der Waals surface area contributed by atoms with Crippen molar-refractivity contribution < 1.29 is 0 Å². The van der Waals surface area contributed by atoms with Gasteiger partial charge in [-0.1, -0.05) is 12.1 Å². The van der Waals surface area contributed by atoms with Crippen LogP contribution in [0.3, 0.4) is 0 Å². The predicted octanol–water partition coefficient (Wildman–Crippen LogP) is 1.89. The number of likely N-dealkylation sites (N-methyl/N-ethyl adjacent to an activating group) is 1. The van der Waals surface area contributed by atoms with Gasteiger partial charge in [0.2, 0.25) is 5.95 Å². The Morgan fingerprint density at radius 1 is 1.20 bits per heavy atom. The van der Waals surface area contributed by atoms with Crippen LogP contribution in [0.2, 0.25) is 0 Å². The van der Waals surface area contributed by atoms with Crippen molar-refractivity contribution in [3.8, 4) is 0 Å². The first-order valence-corrected chi connectivity index (χ1v) is 8.29. The molecule has 3 aromatic heterocycles. The van der Waals surface area contributed by atoms with Gasteiger partial charge in [-0.25, -0.2) is 4.98 Å². The Morgan fingerprint density at radius 3 is 2.84 bits per heavy atom. The van der Waals surface area contributed by atoms with E-state index >= 15 is 0 Å². The number of hydrogen-bond donors (Lipinski definition) is 2. The summed E-state index contributed by atoms with van der Waals surface area (Å²) >= 11 is 0. The summed E-state index contributed by atoms with van der Waals surface area (Å²) in [5.41, 5.74) is 8.85. The number of rotatable bonds is 5. The number of imidazole rings is 1. The lowest BCUT2D eigenvalue weighted by Gasteiger charge is -2.20. The quantitative estimate of drug-likeness (QED) is 0.577. The highest BCUT2D eigenvalue weighted by Crippen LogP contribution is 2.20. The zero-order valence-corrected chi connectivity index (χ0v) is 14.3. The van der Waals surface area contributed by atoms with Crippen LogP contribution in [0.25, 0.3) is 22.1 Å². The molecule has 0 aliphatic carbocycles. The van der Waals surface area contributed by atoms with Crippen LogP contribution in [0.4, 0.5) is 11.8 Å². The van der Waals surface area contributed by atoms with Crippen LogP contribution >= 0.6 is 0 Å². The van der Waals surface area contributed by atoms with Gasteiger partial charge in [0.1, 0.15) is 11.6 Å². The summed E-state index contributed by atoms with van der Waals surface area (Å²) in [6.45, 7) is 3.60. The number of anilines is 2. The maximum Gasteiger partial charge on any atom is 0.229 e. The van der Waals surface area contributed by atoms with Crippen LogP contribution in [0.1, 0.15) is 12.7 Å². The molecule has 0 unspecified atom stereocenters. The predicted molar refractivity (Wildman–Crippen MR) is 98.4 cm³/mol. The standard InChI is InChI=1S/C17H20N8/c1-3-25(9-8-14-20-12-6-4-5-7-13(12)21-14)17-22-15(18)11-10-19-24(2)16(11)23-17/h4-7,10H,3,8-9H2,1-2H3,(H,20,21)(H2,18,22,23).